The third kappa shape index (κ3) is 2.96. The van der Waals surface area contributed by atoms with E-state index in [0.717, 1.165) is 5.69 Å². The Balaban J connectivity index is 1.86. The van der Waals surface area contributed by atoms with Crippen LogP contribution in [0.3, 0.4) is 0 Å². The first-order valence-electron chi connectivity index (χ1n) is 7.65. The molecule has 0 radical (unpaired) electrons. The highest BCUT2D eigenvalue weighted by Crippen LogP contribution is 2.26. The molecule has 2 N–H and O–H groups in total. The van der Waals surface area contributed by atoms with Gasteiger partial charge in [-0.2, -0.15) is 0 Å². The van der Waals surface area contributed by atoms with Crippen molar-refractivity contribution in [2.24, 2.45) is 0 Å². The Morgan fingerprint density at radius 3 is 2.29 bits per heavy atom. The summed E-state index contributed by atoms with van der Waals surface area (Å²) in [4.78, 5) is 35.5. The van der Waals surface area contributed by atoms with Gasteiger partial charge in [0, 0.05) is 35.0 Å². The topological polar surface area (TPSA) is 75.3 Å². The highest BCUT2D eigenvalue weighted by molar-refractivity contribution is 6.50. The maximum atomic E-state index is 11.9. The number of anilines is 1. The summed E-state index contributed by atoms with van der Waals surface area (Å²) in [5.41, 5.74) is 2.94. The van der Waals surface area contributed by atoms with Crippen molar-refractivity contribution >= 4 is 28.9 Å². The Kier molecular flexibility index (Phi) is 4.24. The van der Waals surface area contributed by atoms with Gasteiger partial charge in [-0.25, -0.2) is 0 Å². The zero-order chi connectivity index (χ0) is 17.1. The fraction of sp³-hybridized carbons (Fsp3) is 0.105. The van der Waals surface area contributed by atoms with Crippen molar-refractivity contribution in [1.82, 2.24) is 5.32 Å². The van der Waals surface area contributed by atoms with Gasteiger partial charge in [0.2, 0.25) is 11.6 Å². The van der Waals surface area contributed by atoms with Crippen LogP contribution in [-0.4, -0.2) is 24.0 Å². The van der Waals surface area contributed by atoms with Crippen molar-refractivity contribution in [2.45, 2.75) is 6.92 Å². The first-order chi connectivity index (χ1) is 11.6. The summed E-state index contributed by atoms with van der Waals surface area (Å²) < 4.78 is 0. The van der Waals surface area contributed by atoms with E-state index in [4.69, 9.17) is 0 Å². The maximum Gasteiger partial charge on any atom is 0.251 e. The number of fused-ring (bicyclic) bond motifs is 1. The number of ketones is 2. The van der Waals surface area contributed by atoms with Gasteiger partial charge in [0.25, 0.3) is 5.91 Å². The molecule has 3 rings (SSSR count). The monoisotopic (exact) mass is 320 g/mol. The lowest BCUT2D eigenvalue weighted by Crippen LogP contribution is -2.22. The molecule has 0 unspecified atom stereocenters. The van der Waals surface area contributed by atoms with E-state index in [1.165, 1.54) is 6.08 Å². The second kappa shape index (κ2) is 6.50. The summed E-state index contributed by atoms with van der Waals surface area (Å²) in [5.74, 6) is -1.18. The van der Waals surface area contributed by atoms with Crippen LogP contribution < -0.4 is 10.6 Å². The van der Waals surface area contributed by atoms with Crippen LogP contribution in [0.4, 0.5) is 5.69 Å². The minimum atomic E-state index is -0.546. The van der Waals surface area contributed by atoms with Crippen LogP contribution in [-0.2, 0) is 4.79 Å². The average molecular weight is 320 g/mol. The van der Waals surface area contributed by atoms with E-state index >= 15 is 0 Å². The molecule has 0 saturated carbocycles. The molecule has 1 aliphatic carbocycles. The lowest BCUT2D eigenvalue weighted by atomic mass is 9.92. The van der Waals surface area contributed by atoms with Crippen molar-refractivity contribution in [3.8, 4) is 0 Å². The van der Waals surface area contributed by atoms with E-state index < -0.39 is 11.6 Å². The zero-order valence-corrected chi connectivity index (χ0v) is 13.1. The molecule has 0 spiro atoms. The molecule has 0 aliphatic heterocycles. The van der Waals surface area contributed by atoms with Crippen molar-refractivity contribution in [3.05, 3.63) is 71.3 Å². The van der Waals surface area contributed by atoms with E-state index in [-0.39, 0.29) is 5.91 Å². The van der Waals surface area contributed by atoms with E-state index in [1.807, 2.05) is 13.0 Å². The van der Waals surface area contributed by atoms with Crippen LogP contribution in [0.2, 0.25) is 0 Å². The minimum Gasteiger partial charge on any atom is -0.355 e. The number of rotatable bonds is 4. The van der Waals surface area contributed by atoms with Crippen LogP contribution in [0, 0.1) is 0 Å². The van der Waals surface area contributed by atoms with Gasteiger partial charge in [-0.1, -0.05) is 24.3 Å². The molecular weight excluding hydrogens is 304 g/mol. The molecule has 0 aromatic heterocycles. The fourth-order valence-electron chi connectivity index (χ4n) is 2.55. The third-order valence-corrected chi connectivity index (χ3v) is 3.72. The Morgan fingerprint density at radius 1 is 0.958 bits per heavy atom. The molecule has 1 aliphatic rings. The van der Waals surface area contributed by atoms with Crippen LogP contribution in [0.15, 0.2) is 54.6 Å². The van der Waals surface area contributed by atoms with Crippen molar-refractivity contribution in [3.63, 3.8) is 0 Å². The van der Waals surface area contributed by atoms with Crippen LogP contribution in [0.25, 0.3) is 5.70 Å². The average Bonchev–Trinajstić information content (AvgIpc) is 2.60. The second-order valence-electron chi connectivity index (χ2n) is 5.36. The normalized spacial score (nSPS) is 13.1. The van der Waals surface area contributed by atoms with Gasteiger partial charge in [0.1, 0.15) is 0 Å². The van der Waals surface area contributed by atoms with Gasteiger partial charge < -0.3 is 10.6 Å². The largest absolute Gasteiger partial charge is 0.355 e. The molecule has 0 bridgehead atoms. The highest BCUT2D eigenvalue weighted by atomic mass is 16.2. The van der Waals surface area contributed by atoms with Crippen LogP contribution >= 0.6 is 0 Å². The molecule has 0 fully saturated rings. The Morgan fingerprint density at radius 2 is 1.62 bits per heavy atom. The van der Waals surface area contributed by atoms with Gasteiger partial charge in [-0.15, -0.1) is 0 Å². The number of amides is 1. The molecule has 5 heteroatoms. The Hall–Kier alpha value is -3.21. The van der Waals surface area contributed by atoms with E-state index in [2.05, 4.69) is 10.6 Å². The fourth-order valence-corrected chi connectivity index (χ4v) is 2.55. The lowest BCUT2D eigenvalue weighted by Gasteiger charge is -2.18. The summed E-state index contributed by atoms with van der Waals surface area (Å²) in [7, 11) is 0. The molecule has 24 heavy (non-hydrogen) atoms. The van der Waals surface area contributed by atoms with E-state index in [9.17, 15) is 14.4 Å². The van der Waals surface area contributed by atoms with Gasteiger partial charge in [0.15, 0.2) is 0 Å². The minimum absolute atomic E-state index is 0.132. The highest BCUT2D eigenvalue weighted by Gasteiger charge is 2.25. The number of benzene rings is 2. The van der Waals surface area contributed by atoms with Gasteiger partial charge >= 0.3 is 0 Å². The van der Waals surface area contributed by atoms with Crippen LogP contribution in [0.1, 0.15) is 33.2 Å². The van der Waals surface area contributed by atoms with E-state index in [1.54, 1.807) is 42.5 Å². The standard InChI is InChI=1S/C19H16N2O3/c1-2-20-19(24)12-7-9-13(10-8-12)21-16-11-17(22)18(23)15-6-4-3-5-14(15)16/h3-11,21H,2H2,1H3,(H,20,24). The second-order valence-corrected chi connectivity index (χ2v) is 5.36. The first-order valence-corrected chi connectivity index (χ1v) is 7.65. The number of allylic oxidation sites excluding steroid dienone is 1. The molecule has 0 saturated heterocycles. The lowest BCUT2D eigenvalue weighted by molar-refractivity contribution is -0.111. The predicted molar refractivity (Wildman–Crippen MR) is 91.8 cm³/mol. The maximum absolute atomic E-state index is 11.9. The summed E-state index contributed by atoms with van der Waals surface area (Å²) in [5, 5.41) is 5.88. The molecule has 0 heterocycles. The van der Waals surface area contributed by atoms with Gasteiger partial charge in [-0.05, 0) is 31.2 Å². The number of carbonyl (C=O) groups excluding carboxylic acids is 3. The quantitative estimate of drug-likeness (QED) is 0.849. The summed E-state index contributed by atoms with van der Waals surface area (Å²) in [6.07, 6.45) is 1.31. The molecule has 2 aromatic rings. The van der Waals surface area contributed by atoms with Gasteiger partial charge in [-0.3, -0.25) is 14.4 Å². The molecular formula is C19H16N2O3. The third-order valence-electron chi connectivity index (χ3n) is 3.72. The van der Waals surface area contributed by atoms with Gasteiger partial charge in [0.05, 0.1) is 5.70 Å². The summed E-state index contributed by atoms with van der Waals surface area (Å²) >= 11 is 0. The van der Waals surface area contributed by atoms with E-state index in [0.29, 0.717) is 28.9 Å². The number of hydrogen-bond donors (Lipinski definition) is 2. The predicted octanol–water partition coefficient (Wildman–Crippen LogP) is 2.65. The molecule has 0 atom stereocenters. The Labute approximate surface area is 139 Å². The Bertz CT molecular complexity index is 851. The number of carbonyl (C=O) groups is 3. The number of hydrogen-bond acceptors (Lipinski definition) is 4. The number of nitrogens with one attached hydrogen (secondary N) is 2. The van der Waals surface area contributed by atoms with Crippen molar-refractivity contribution < 1.29 is 14.4 Å². The molecule has 5 nitrogen and oxygen atoms in total. The zero-order valence-electron chi connectivity index (χ0n) is 13.1. The first kappa shape index (κ1) is 15.7. The number of Topliss-reactive ketones (excluding diaryl/α,β-unsaturated/α-hetero) is 1. The van der Waals surface area contributed by atoms with Crippen molar-refractivity contribution in [2.75, 3.05) is 11.9 Å². The molecule has 1 amide bonds. The molecule has 2 aromatic carbocycles. The smallest absolute Gasteiger partial charge is 0.251 e. The summed E-state index contributed by atoms with van der Waals surface area (Å²) in [6.45, 7) is 2.43. The SMILES string of the molecule is CCNC(=O)c1ccc(NC2=CC(=O)C(=O)c3ccccc32)cc1. The van der Waals surface area contributed by atoms with Crippen molar-refractivity contribution in [1.29, 1.82) is 0 Å². The molecule has 120 valence electrons. The van der Waals surface area contributed by atoms with Crippen LogP contribution in [0.5, 0.6) is 0 Å². The summed E-state index contributed by atoms with van der Waals surface area (Å²) in [6, 6.07) is 13.9.